The number of hydrogen-bond acceptors (Lipinski definition) is 6. The van der Waals surface area contributed by atoms with E-state index in [1.54, 1.807) is 16.7 Å². The predicted octanol–water partition coefficient (Wildman–Crippen LogP) is 3.10. The first-order chi connectivity index (χ1) is 12.9. The second-order valence-corrected chi connectivity index (χ2v) is 8.05. The van der Waals surface area contributed by atoms with Crippen LogP contribution in [0.1, 0.15) is 0 Å². The maximum absolute atomic E-state index is 12.7. The number of fused-ring (bicyclic) bond motifs is 1. The van der Waals surface area contributed by atoms with Crippen LogP contribution in [0.5, 0.6) is 5.75 Å². The SMILES string of the molecule is C=CCn1/c(=N/S(=O)(=O)c2ccc(OC)cc2)sc2cc([N+](=O)[O-])ccc21. The quantitative estimate of drug-likeness (QED) is 0.356. The van der Waals surface area contributed by atoms with Crippen molar-refractivity contribution in [1.82, 2.24) is 4.57 Å². The summed E-state index contributed by atoms with van der Waals surface area (Å²) in [5.41, 5.74) is 0.577. The van der Waals surface area contributed by atoms with Gasteiger partial charge in [-0.2, -0.15) is 8.42 Å². The summed E-state index contributed by atoms with van der Waals surface area (Å²) in [5.74, 6) is 0.532. The number of sulfonamides is 1. The van der Waals surface area contributed by atoms with Crippen LogP contribution in [-0.4, -0.2) is 25.0 Å². The van der Waals surface area contributed by atoms with Gasteiger partial charge < -0.3 is 9.30 Å². The highest BCUT2D eigenvalue weighted by molar-refractivity contribution is 7.90. The molecule has 0 amide bonds. The number of non-ortho nitro benzene ring substituents is 1. The summed E-state index contributed by atoms with van der Waals surface area (Å²) in [6.45, 7) is 3.99. The summed E-state index contributed by atoms with van der Waals surface area (Å²) in [7, 11) is -2.47. The zero-order chi connectivity index (χ0) is 19.6. The normalized spacial score (nSPS) is 12.3. The van der Waals surface area contributed by atoms with Gasteiger partial charge in [0.1, 0.15) is 5.75 Å². The maximum Gasteiger partial charge on any atom is 0.285 e. The first kappa shape index (κ1) is 18.8. The average Bonchev–Trinajstić information content (AvgIpc) is 2.98. The van der Waals surface area contributed by atoms with Crippen molar-refractivity contribution >= 4 is 37.3 Å². The molecule has 0 unspecified atom stereocenters. The highest BCUT2D eigenvalue weighted by Crippen LogP contribution is 2.24. The van der Waals surface area contributed by atoms with E-state index >= 15 is 0 Å². The van der Waals surface area contributed by atoms with Crippen molar-refractivity contribution in [1.29, 1.82) is 0 Å². The molecule has 2 aromatic carbocycles. The Morgan fingerprint density at radius 3 is 2.59 bits per heavy atom. The average molecular weight is 405 g/mol. The van der Waals surface area contributed by atoms with E-state index in [-0.39, 0.29) is 15.4 Å². The molecule has 10 heteroatoms. The van der Waals surface area contributed by atoms with Crippen LogP contribution in [0.2, 0.25) is 0 Å². The summed E-state index contributed by atoms with van der Waals surface area (Å²) < 4.78 is 36.5. The Labute approximate surface area is 158 Å². The molecule has 0 fully saturated rings. The summed E-state index contributed by atoms with van der Waals surface area (Å²) in [6, 6.07) is 10.2. The lowest BCUT2D eigenvalue weighted by Gasteiger charge is -2.03. The van der Waals surface area contributed by atoms with E-state index < -0.39 is 14.9 Å². The molecule has 8 nitrogen and oxygen atoms in total. The van der Waals surface area contributed by atoms with Crippen LogP contribution in [0.25, 0.3) is 10.2 Å². The molecule has 0 spiro atoms. The number of allylic oxidation sites excluding steroid dienone is 1. The van der Waals surface area contributed by atoms with Gasteiger partial charge in [-0.05, 0) is 30.3 Å². The summed E-state index contributed by atoms with van der Waals surface area (Å²) in [4.78, 5) is 10.7. The molecule has 0 aliphatic heterocycles. The van der Waals surface area contributed by atoms with Gasteiger partial charge in [-0.15, -0.1) is 11.0 Å². The number of thiazole rings is 1. The first-order valence-electron chi connectivity index (χ1n) is 7.69. The van der Waals surface area contributed by atoms with Gasteiger partial charge in [-0.25, -0.2) is 0 Å². The van der Waals surface area contributed by atoms with Gasteiger partial charge in [0, 0.05) is 18.7 Å². The second-order valence-electron chi connectivity index (χ2n) is 5.43. The molecule has 0 aliphatic rings. The van der Waals surface area contributed by atoms with Crippen molar-refractivity contribution in [3.05, 3.63) is 70.0 Å². The summed E-state index contributed by atoms with van der Waals surface area (Å²) in [5, 5.41) is 11.0. The van der Waals surface area contributed by atoms with E-state index in [4.69, 9.17) is 4.74 Å². The Hall–Kier alpha value is -2.98. The minimum absolute atomic E-state index is 0.0249. The highest BCUT2D eigenvalue weighted by atomic mass is 32.2. The molecule has 27 heavy (non-hydrogen) atoms. The first-order valence-corrected chi connectivity index (χ1v) is 9.95. The van der Waals surface area contributed by atoms with E-state index in [0.29, 0.717) is 22.5 Å². The van der Waals surface area contributed by atoms with Crippen molar-refractivity contribution in [2.24, 2.45) is 4.40 Å². The molecule has 1 heterocycles. The molecule has 0 saturated heterocycles. The van der Waals surface area contributed by atoms with Crippen LogP contribution >= 0.6 is 11.3 Å². The maximum atomic E-state index is 12.7. The molecular weight excluding hydrogens is 390 g/mol. The lowest BCUT2D eigenvalue weighted by atomic mass is 10.3. The number of rotatable bonds is 6. The van der Waals surface area contributed by atoms with E-state index in [0.717, 1.165) is 11.3 Å². The fraction of sp³-hybridized carbons (Fsp3) is 0.118. The number of aromatic nitrogens is 1. The van der Waals surface area contributed by atoms with Crippen LogP contribution in [-0.2, 0) is 16.6 Å². The third-order valence-corrected chi connectivity index (χ3v) is 6.18. The van der Waals surface area contributed by atoms with Gasteiger partial charge in [0.2, 0.25) is 4.80 Å². The van der Waals surface area contributed by atoms with Gasteiger partial charge in [0.25, 0.3) is 15.7 Å². The van der Waals surface area contributed by atoms with Crippen LogP contribution in [0.4, 0.5) is 5.69 Å². The Morgan fingerprint density at radius 2 is 2.00 bits per heavy atom. The minimum atomic E-state index is -3.96. The minimum Gasteiger partial charge on any atom is -0.497 e. The van der Waals surface area contributed by atoms with Crippen LogP contribution < -0.4 is 9.54 Å². The topological polar surface area (TPSA) is 104 Å². The molecule has 3 aromatic rings. The lowest BCUT2D eigenvalue weighted by molar-refractivity contribution is -0.384. The Kier molecular flexibility index (Phi) is 5.10. The molecule has 0 saturated carbocycles. The number of nitro benzene ring substituents is 1. The van der Waals surface area contributed by atoms with Crippen LogP contribution in [0.15, 0.2) is 64.4 Å². The van der Waals surface area contributed by atoms with Gasteiger partial charge in [0.15, 0.2) is 0 Å². The van der Waals surface area contributed by atoms with Gasteiger partial charge in [-0.3, -0.25) is 10.1 Å². The van der Waals surface area contributed by atoms with Crippen molar-refractivity contribution in [2.75, 3.05) is 7.11 Å². The summed E-state index contributed by atoms with van der Waals surface area (Å²) in [6.07, 6.45) is 1.60. The predicted molar refractivity (Wildman–Crippen MR) is 102 cm³/mol. The fourth-order valence-corrected chi connectivity index (χ4v) is 4.73. The third kappa shape index (κ3) is 3.76. The Balaban J connectivity index is 2.19. The zero-order valence-corrected chi connectivity index (χ0v) is 15.9. The number of hydrogen-bond donors (Lipinski definition) is 0. The fourth-order valence-electron chi connectivity index (χ4n) is 2.45. The van der Waals surface area contributed by atoms with E-state index in [1.165, 1.54) is 43.5 Å². The van der Waals surface area contributed by atoms with Crippen LogP contribution in [0.3, 0.4) is 0 Å². The zero-order valence-electron chi connectivity index (χ0n) is 14.2. The molecule has 0 radical (unpaired) electrons. The van der Waals surface area contributed by atoms with Crippen molar-refractivity contribution in [2.45, 2.75) is 11.4 Å². The summed E-state index contributed by atoms with van der Waals surface area (Å²) >= 11 is 1.06. The molecule has 3 rings (SSSR count). The standard InChI is InChI=1S/C17H15N3O5S2/c1-3-10-19-15-9-4-12(20(21)22)11-16(15)26-17(19)18-27(23,24)14-7-5-13(25-2)6-8-14/h3-9,11H,1,10H2,2H3/b18-17-. The van der Waals surface area contributed by atoms with Crippen molar-refractivity contribution < 1.29 is 18.1 Å². The molecule has 140 valence electrons. The smallest absolute Gasteiger partial charge is 0.285 e. The highest BCUT2D eigenvalue weighted by Gasteiger charge is 2.16. The third-order valence-electron chi connectivity index (χ3n) is 3.74. The number of nitro groups is 1. The number of benzene rings is 2. The molecule has 0 bridgehead atoms. The van der Waals surface area contributed by atoms with Gasteiger partial charge in [-0.1, -0.05) is 17.4 Å². The molecule has 0 atom stereocenters. The Morgan fingerprint density at radius 1 is 1.30 bits per heavy atom. The molecule has 1 aromatic heterocycles. The van der Waals surface area contributed by atoms with E-state index in [2.05, 4.69) is 11.0 Å². The van der Waals surface area contributed by atoms with Crippen molar-refractivity contribution in [3.8, 4) is 5.75 Å². The monoisotopic (exact) mass is 405 g/mol. The van der Waals surface area contributed by atoms with Crippen LogP contribution in [0, 0.1) is 10.1 Å². The molecule has 0 N–H and O–H groups in total. The Bertz CT molecular complexity index is 1190. The van der Waals surface area contributed by atoms with Gasteiger partial charge >= 0.3 is 0 Å². The lowest BCUT2D eigenvalue weighted by Crippen LogP contribution is -2.16. The van der Waals surface area contributed by atoms with E-state index in [9.17, 15) is 18.5 Å². The van der Waals surface area contributed by atoms with Crippen molar-refractivity contribution in [3.63, 3.8) is 0 Å². The van der Waals surface area contributed by atoms with E-state index in [1.807, 2.05) is 0 Å². The second kappa shape index (κ2) is 7.33. The number of nitrogens with zero attached hydrogens (tertiary/aromatic N) is 3. The molecule has 0 aliphatic carbocycles. The number of ether oxygens (including phenoxy) is 1. The molecular formula is C17H15N3O5S2. The number of methoxy groups -OCH3 is 1. The van der Waals surface area contributed by atoms with Gasteiger partial charge in [0.05, 0.1) is 27.1 Å². The largest absolute Gasteiger partial charge is 0.497 e.